The maximum atomic E-state index is 13.6. The Hall–Kier alpha value is -1.16. The number of fused-ring (bicyclic) bond motifs is 1. The van der Waals surface area contributed by atoms with Crippen molar-refractivity contribution < 1.29 is 4.39 Å². The third-order valence-electron chi connectivity index (χ3n) is 4.03. The molecule has 0 aliphatic rings. The van der Waals surface area contributed by atoms with E-state index in [0.29, 0.717) is 10.3 Å². The van der Waals surface area contributed by atoms with E-state index in [2.05, 4.69) is 30.3 Å². The summed E-state index contributed by atoms with van der Waals surface area (Å²) in [5, 5.41) is 0. The number of halogens is 1. The van der Waals surface area contributed by atoms with Crippen LogP contribution in [0.1, 0.15) is 39.2 Å². The molecule has 0 unspecified atom stereocenters. The third-order valence-corrected chi connectivity index (χ3v) is 4.31. The van der Waals surface area contributed by atoms with Crippen LogP contribution in [-0.4, -0.2) is 9.55 Å². The van der Waals surface area contributed by atoms with E-state index in [-0.39, 0.29) is 11.4 Å². The second-order valence-electron chi connectivity index (χ2n) is 5.09. The molecule has 0 aliphatic heterocycles. The van der Waals surface area contributed by atoms with E-state index in [0.717, 1.165) is 23.9 Å². The summed E-state index contributed by atoms with van der Waals surface area (Å²) in [4.78, 5) is 3.11. The number of nitrogens with zero attached hydrogens (tertiary/aromatic N) is 1. The Morgan fingerprint density at radius 2 is 1.94 bits per heavy atom. The smallest absolute Gasteiger partial charge is 0.178 e. The van der Waals surface area contributed by atoms with Crippen molar-refractivity contribution in [1.29, 1.82) is 0 Å². The number of aryl methyl sites for hydroxylation is 1. The van der Waals surface area contributed by atoms with Crippen molar-refractivity contribution in [3.05, 3.63) is 28.3 Å². The molecule has 0 saturated heterocycles. The Balaban J connectivity index is 2.83. The Morgan fingerprint density at radius 1 is 1.33 bits per heavy atom. The average molecular weight is 266 g/mol. The Kier molecular flexibility index (Phi) is 3.32. The zero-order valence-electron chi connectivity index (χ0n) is 11.3. The molecule has 2 nitrogen and oxygen atoms in total. The number of nitrogens with one attached hydrogen (secondary N) is 1. The van der Waals surface area contributed by atoms with Crippen molar-refractivity contribution in [2.75, 3.05) is 0 Å². The molecule has 0 aliphatic carbocycles. The van der Waals surface area contributed by atoms with Crippen molar-refractivity contribution in [2.24, 2.45) is 0 Å². The first-order valence-corrected chi connectivity index (χ1v) is 6.75. The van der Waals surface area contributed by atoms with Gasteiger partial charge in [0.15, 0.2) is 4.77 Å². The van der Waals surface area contributed by atoms with Gasteiger partial charge in [-0.3, -0.25) is 0 Å². The molecule has 0 spiro atoms. The second kappa shape index (κ2) is 4.50. The molecular formula is C14H19FN2S. The van der Waals surface area contributed by atoms with Gasteiger partial charge in [-0.2, -0.15) is 0 Å². The largest absolute Gasteiger partial charge is 0.330 e. The quantitative estimate of drug-likeness (QED) is 0.800. The minimum Gasteiger partial charge on any atom is -0.330 e. The van der Waals surface area contributed by atoms with Gasteiger partial charge in [0.05, 0.1) is 11.0 Å². The fourth-order valence-corrected chi connectivity index (χ4v) is 2.76. The summed E-state index contributed by atoms with van der Waals surface area (Å²) in [7, 11) is 0. The van der Waals surface area contributed by atoms with Crippen LogP contribution in [0.4, 0.5) is 4.39 Å². The summed E-state index contributed by atoms with van der Waals surface area (Å²) in [6, 6.07) is 3.41. The van der Waals surface area contributed by atoms with Crippen LogP contribution in [0.5, 0.6) is 0 Å². The first kappa shape index (κ1) is 13.3. The molecule has 98 valence electrons. The molecule has 2 rings (SSSR count). The molecule has 1 N–H and O–H groups in total. The number of rotatable bonds is 3. The van der Waals surface area contributed by atoms with Crippen LogP contribution in [0, 0.1) is 17.5 Å². The Labute approximate surface area is 112 Å². The fourth-order valence-electron chi connectivity index (χ4n) is 2.33. The summed E-state index contributed by atoms with van der Waals surface area (Å²) >= 11 is 5.41. The average Bonchev–Trinajstić information content (AvgIpc) is 2.65. The van der Waals surface area contributed by atoms with Gasteiger partial charge >= 0.3 is 0 Å². The van der Waals surface area contributed by atoms with Crippen LogP contribution in [-0.2, 0) is 5.54 Å². The van der Waals surface area contributed by atoms with E-state index in [9.17, 15) is 4.39 Å². The molecule has 0 amide bonds. The standard InChI is InChI=1S/C14H19FN2S/c1-5-14(4,6-2)17-12-7-9(3)10(15)8-11(12)16-13(17)18/h7-8H,5-6H2,1-4H3,(H,16,18). The van der Waals surface area contributed by atoms with Gasteiger partial charge in [0.2, 0.25) is 0 Å². The predicted octanol–water partition coefficient (Wildman–Crippen LogP) is 4.68. The maximum Gasteiger partial charge on any atom is 0.178 e. The van der Waals surface area contributed by atoms with Crippen molar-refractivity contribution in [2.45, 2.75) is 46.1 Å². The summed E-state index contributed by atoms with van der Waals surface area (Å²) in [6.07, 6.45) is 1.97. The van der Waals surface area contributed by atoms with Gasteiger partial charge < -0.3 is 9.55 Å². The highest BCUT2D eigenvalue weighted by Gasteiger charge is 2.25. The number of H-pyrrole nitrogens is 1. The SMILES string of the molecule is CCC(C)(CC)n1c(=S)[nH]c2cc(F)c(C)cc21. The van der Waals surface area contributed by atoms with E-state index in [1.54, 1.807) is 6.92 Å². The predicted molar refractivity (Wildman–Crippen MR) is 76.0 cm³/mol. The van der Waals surface area contributed by atoms with E-state index < -0.39 is 0 Å². The highest BCUT2D eigenvalue weighted by molar-refractivity contribution is 7.71. The van der Waals surface area contributed by atoms with E-state index in [4.69, 9.17) is 12.2 Å². The summed E-state index contributed by atoms with van der Waals surface area (Å²) < 4.78 is 16.4. The summed E-state index contributed by atoms with van der Waals surface area (Å²) in [5.74, 6) is -0.194. The minimum absolute atomic E-state index is 0.0282. The second-order valence-corrected chi connectivity index (χ2v) is 5.47. The molecule has 1 heterocycles. The topological polar surface area (TPSA) is 20.7 Å². The number of aromatic nitrogens is 2. The van der Waals surface area contributed by atoms with Crippen molar-refractivity contribution in [1.82, 2.24) is 9.55 Å². The molecule has 1 aromatic carbocycles. The van der Waals surface area contributed by atoms with E-state index in [1.165, 1.54) is 6.07 Å². The number of imidazole rings is 1. The number of hydrogen-bond acceptors (Lipinski definition) is 1. The van der Waals surface area contributed by atoms with Gasteiger partial charge in [0.25, 0.3) is 0 Å². The molecule has 2 aromatic rings. The Morgan fingerprint density at radius 3 is 2.50 bits per heavy atom. The van der Waals surface area contributed by atoms with Crippen LogP contribution in [0.15, 0.2) is 12.1 Å². The van der Waals surface area contributed by atoms with E-state index >= 15 is 0 Å². The monoisotopic (exact) mass is 266 g/mol. The minimum atomic E-state index is -0.194. The summed E-state index contributed by atoms with van der Waals surface area (Å²) in [6.45, 7) is 8.28. The third kappa shape index (κ3) is 1.88. The van der Waals surface area contributed by atoms with Crippen LogP contribution in [0.2, 0.25) is 0 Å². The zero-order chi connectivity index (χ0) is 13.5. The molecule has 0 atom stereocenters. The van der Waals surface area contributed by atoms with Crippen LogP contribution in [0.3, 0.4) is 0 Å². The lowest BCUT2D eigenvalue weighted by atomic mass is 9.95. The van der Waals surface area contributed by atoms with Gasteiger partial charge in [0, 0.05) is 5.54 Å². The van der Waals surface area contributed by atoms with Gasteiger partial charge in [-0.25, -0.2) is 4.39 Å². The van der Waals surface area contributed by atoms with Crippen LogP contribution >= 0.6 is 12.2 Å². The highest BCUT2D eigenvalue weighted by Crippen LogP contribution is 2.30. The molecular weight excluding hydrogens is 247 g/mol. The van der Waals surface area contributed by atoms with Gasteiger partial charge in [-0.1, -0.05) is 13.8 Å². The zero-order valence-corrected chi connectivity index (χ0v) is 12.1. The number of aromatic amines is 1. The first-order valence-electron chi connectivity index (χ1n) is 6.34. The molecule has 4 heteroatoms. The Bertz CT molecular complexity index is 635. The number of hydrogen-bond donors (Lipinski definition) is 1. The molecule has 1 aromatic heterocycles. The normalized spacial score (nSPS) is 12.3. The lowest BCUT2D eigenvalue weighted by Crippen LogP contribution is -2.28. The lowest BCUT2D eigenvalue weighted by molar-refractivity contribution is 0.299. The summed E-state index contributed by atoms with van der Waals surface area (Å²) in [5.41, 5.74) is 2.39. The van der Waals surface area contributed by atoms with Crippen molar-refractivity contribution in [3.8, 4) is 0 Å². The van der Waals surface area contributed by atoms with E-state index in [1.807, 2.05) is 6.07 Å². The van der Waals surface area contributed by atoms with Crippen LogP contribution in [0.25, 0.3) is 11.0 Å². The highest BCUT2D eigenvalue weighted by atomic mass is 32.1. The molecule has 18 heavy (non-hydrogen) atoms. The van der Waals surface area contributed by atoms with Gasteiger partial charge in [-0.15, -0.1) is 0 Å². The van der Waals surface area contributed by atoms with Crippen molar-refractivity contribution >= 4 is 23.3 Å². The molecule has 0 fully saturated rings. The van der Waals surface area contributed by atoms with Crippen LogP contribution < -0.4 is 0 Å². The van der Waals surface area contributed by atoms with Gasteiger partial charge in [-0.05, 0) is 56.6 Å². The fraction of sp³-hybridized carbons (Fsp3) is 0.500. The molecule has 0 saturated carbocycles. The number of benzene rings is 1. The maximum absolute atomic E-state index is 13.6. The first-order chi connectivity index (χ1) is 8.42. The molecule has 0 bridgehead atoms. The lowest BCUT2D eigenvalue weighted by Gasteiger charge is -2.29. The van der Waals surface area contributed by atoms with Crippen molar-refractivity contribution in [3.63, 3.8) is 0 Å². The van der Waals surface area contributed by atoms with Gasteiger partial charge in [0.1, 0.15) is 5.82 Å². The molecule has 0 radical (unpaired) electrons.